The molecule has 32 heavy (non-hydrogen) atoms. The number of halogens is 2. The summed E-state index contributed by atoms with van der Waals surface area (Å²) in [6.07, 6.45) is 0. The normalized spacial score (nSPS) is 15.4. The van der Waals surface area contributed by atoms with Crippen LogP contribution in [0.2, 0.25) is 0 Å². The average Bonchev–Trinajstić information content (AvgIpc) is 2.79. The van der Waals surface area contributed by atoms with E-state index in [0.717, 1.165) is 12.1 Å². The third-order valence-corrected chi connectivity index (χ3v) is 6.67. The van der Waals surface area contributed by atoms with Crippen molar-refractivity contribution in [3.63, 3.8) is 0 Å². The molecule has 1 aliphatic rings. The molecule has 1 saturated heterocycles. The topological polar surface area (TPSA) is 96.0 Å². The molecule has 0 spiro atoms. The molecule has 0 bridgehead atoms. The van der Waals surface area contributed by atoms with E-state index >= 15 is 0 Å². The lowest BCUT2D eigenvalue weighted by molar-refractivity contribution is -0.134. The standard InChI is InChI=1S/C21H23F2N3O5S/c1-14(24-32(29,30)17-6-4-16(31-2)5-7-17)20(27)25-9-11-26(12-10-25)21(28)15-3-8-18(22)19(23)13-15/h3-8,13-14,24H,9-12H2,1-2H3/t14-/m0/s1. The first-order valence-corrected chi connectivity index (χ1v) is 11.3. The zero-order chi connectivity index (χ0) is 23.5. The van der Waals surface area contributed by atoms with Gasteiger partial charge in [0.2, 0.25) is 15.9 Å². The second kappa shape index (κ2) is 9.61. The smallest absolute Gasteiger partial charge is 0.254 e. The lowest BCUT2D eigenvalue weighted by Gasteiger charge is -2.36. The monoisotopic (exact) mass is 467 g/mol. The number of benzene rings is 2. The summed E-state index contributed by atoms with van der Waals surface area (Å²) in [6, 6.07) is 7.67. The predicted molar refractivity (Wildman–Crippen MR) is 112 cm³/mol. The Bertz CT molecular complexity index is 1100. The second-order valence-electron chi connectivity index (χ2n) is 7.26. The van der Waals surface area contributed by atoms with Gasteiger partial charge < -0.3 is 14.5 Å². The maximum atomic E-state index is 13.4. The average molecular weight is 467 g/mol. The molecule has 1 atom stereocenters. The summed E-state index contributed by atoms with van der Waals surface area (Å²) < 4.78 is 58.9. The first-order chi connectivity index (χ1) is 15.1. The number of carbonyl (C=O) groups is 2. The Morgan fingerprint density at radius 3 is 2.12 bits per heavy atom. The largest absolute Gasteiger partial charge is 0.497 e. The van der Waals surface area contributed by atoms with Gasteiger partial charge in [-0.3, -0.25) is 9.59 Å². The summed E-state index contributed by atoms with van der Waals surface area (Å²) in [5.41, 5.74) is 0.0179. The van der Waals surface area contributed by atoms with Gasteiger partial charge in [-0.2, -0.15) is 4.72 Å². The van der Waals surface area contributed by atoms with Crippen LogP contribution in [0.25, 0.3) is 0 Å². The zero-order valence-corrected chi connectivity index (χ0v) is 18.4. The van der Waals surface area contributed by atoms with Crippen LogP contribution in [0.3, 0.4) is 0 Å². The van der Waals surface area contributed by atoms with Gasteiger partial charge in [0.05, 0.1) is 18.0 Å². The van der Waals surface area contributed by atoms with Crippen molar-refractivity contribution < 1.29 is 31.5 Å². The number of nitrogens with one attached hydrogen (secondary N) is 1. The number of rotatable bonds is 6. The van der Waals surface area contributed by atoms with Crippen molar-refractivity contribution in [2.24, 2.45) is 0 Å². The summed E-state index contributed by atoms with van der Waals surface area (Å²) in [5, 5.41) is 0. The highest BCUT2D eigenvalue weighted by Crippen LogP contribution is 2.17. The summed E-state index contributed by atoms with van der Waals surface area (Å²) in [6.45, 7) is 2.18. The SMILES string of the molecule is COc1ccc(S(=O)(=O)N[C@@H](C)C(=O)N2CCN(C(=O)c3ccc(F)c(F)c3)CC2)cc1. The van der Waals surface area contributed by atoms with Crippen molar-refractivity contribution in [3.05, 3.63) is 59.7 Å². The fourth-order valence-corrected chi connectivity index (χ4v) is 4.52. The fourth-order valence-electron chi connectivity index (χ4n) is 3.32. The Morgan fingerprint density at radius 1 is 0.969 bits per heavy atom. The van der Waals surface area contributed by atoms with Crippen molar-refractivity contribution in [1.29, 1.82) is 0 Å². The van der Waals surface area contributed by atoms with Crippen LogP contribution in [-0.2, 0) is 14.8 Å². The Hall–Kier alpha value is -3.05. The van der Waals surface area contributed by atoms with E-state index in [-0.39, 0.29) is 36.6 Å². The number of hydrogen-bond donors (Lipinski definition) is 1. The molecule has 172 valence electrons. The van der Waals surface area contributed by atoms with Crippen LogP contribution in [0.1, 0.15) is 17.3 Å². The Kier molecular flexibility index (Phi) is 7.09. The van der Waals surface area contributed by atoms with Crippen LogP contribution in [0, 0.1) is 11.6 Å². The Morgan fingerprint density at radius 2 is 1.56 bits per heavy atom. The molecule has 0 radical (unpaired) electrons. The van der Waals surface area contributed by atoms with Crippen molar-refractivity contribution in [2.45, 2.75) is 17.9 Å². The van der Waals surface area contributed by atoms with Crippen LogP contribution in [0.4, 0.5) is 8.78 Å². The van der Waals surface area contributed by atoms with E-state index in [2.05, 4.69) is 4.72 Å². The van der Waals surface area contributed by atoms with E-state index < -0.39 is 39.5 Å². The van der Waals surface area contributed by atoms with E-state index in [0.29, 0.717) is 5.75 Å². The van der Waals surface area contributed by atoms with Crippen molar-refractivity contribution >= 4 is 21.8 Å². The first kappa shape index (κ1) is 23.6. The minimum atomic E-state index is -3.92. The van der Waals surface area contributed by atoms with Crippen molar-refractivity contribution in [2.75, 3.05) is 33.3 Å². The van der Waals surface area contributed by atoms with Gasteiger partial charge >= 0.3 is 0 Å². The predicted octanol–water partition coefficient (Wildman–Crippen LogP) is 1.62. The lowest BCUT2D eigenvalue weighted by atomic mass is 10.1. The van der Waals surface area contributed by atoms with Gasteiger partial charge in [0, 0.05) is 31.7 Å². The summed E-state index contributed by atoms with van der Waals surface area (Å²) in [4.78, 5) is 28.1. The van der Waals surface area contributed by atoms with Crippen LogP contribution < -0.4 is 9.46 Å². The van der Waals surface area contributed by atoms with E-state index in [1.807, 2.05) is 0 Å². The summed E-state index contributed by atoms with van der Waals surface area (Å²) in [7, 11) is -2.45. The molecule has 1 heterocycles. The number of nitrogens with zero attached hydrogens (tertiary/aromatic N) is 2. The molecule has 8 nitrogen and oxygen atoms in total. The molecule has 11 heteroatoms. The zero-order valence-electron chi connectivity index (χ0n) is 17.5. The maximum absolute atomic E-state index is 13.4. The van der Waals surface area contributed by atoms with Crippen molar-refractivity contribution in [1.82, 2.24) is 14.5 Å². The quantitative estimate of drug-likeness (QED) is 0.697. The molecule has 3 rings (SSSR count). The third kappa shape index (κ3) is 5.22. The molecule has 0 aromatic heterocycles. The number of sulfonamides is 1. The van der Waals surface area contributed by atoms with E-state index in [9.17, 15) is 26.8 Å². The number of carbonyl (C=O) groups excluding carboxylic acids is 2. The molecule has 1 N–H and O–H groups in total. The molecule has 1 aliphatic heterocycles. The number of piperazine rings is 1. The van der Waals surface area contributed by atoms with Gasteiger partial charge in [-0.1, -0.05) is 0 Å². The van der Waals surface area contributed by atoms with Crippen LogP contribution in [0.5, 0.6) is 5.75 Å². The van der Waals surface area contributed by atoms with Gasteiger partial charge in [-0.05, 0) is 49.4 Å². The maximum Gasteiger partial charge on any atom is 0.254 e. The number of amides is 2. The second-order valence-corrected chi connectivity index (χ2v) is 8.98. The van der Waals surface area contributed by atoms with Crippen LogP contribution in [-0.4, -0.2) is 69.4 Å². The van der Waals surface area contributed by atoms with E-state index in [1.54, 1.807) is 0 Å². The lowest BCUT2D eigenvalue weighted by Crippen LogP contribution is -2.55. The van der Waals surface area contributed by atoms with Gasteiger partial charge in [0.25, 0.3) is 5.91 Å². The van der Waals surface area contributed by atoms with Crippen LogP contribution in [0.15, 0.2) is 47.4 Å². The van der Waals surface area contributed by atoms with Gasteiger partial charge in [-0.15, -0.1) is 0 Å². The van der Waals surface area contributed by atoms with Crippen molar-refractivity contribution in [3.8, 4) is 5.75 Å². The van der Waals surface area contributed by atoms with E-state index in [4.69, 9.17) is 4.74 Å². The first-order valence-electron chi connectivity index (χ1n) is 9.82. The highest BCUT2D eigenvalue weighted by molar-refractivity contribution is 7.89. The molecule has 2 amide bonds. The Labute approximate surface area is 184 Å². The number of methoxy groups -OCH3 is 1. The highest BCUT2D eigenvalue weighted by Gasteiger charge is 2.30. The Balaban J connectivity index is 1.58. The molecule has 2 aromatic carbocycles. The van der Waals surface area contributed by atoms with Gasteiger partial charge in [0.15, 0.2) is 11.6 Å². The summed E-state index contributed by atoms with van der Waals surface area (Å²) >= 11 is 0. The highest BCUT2D eigenvalue weighted by atomic mass is 32.2. The fraction of sp³-hybridized carbons (Fsp3) is 0.333. The molecule has 2 aromatic rings. The molecule has 0 aliphatic carbocycles. The number of ether oxygens (including phenoxy) is 1. The minimum absolute atomic E-state index is 0.0000962. The minimum Gasteiger partial charge on any atom is -0.497 e. The molecular weight excluding hydrogens is 444 g/mol. The third-order valence-electron chi connectivity index (χ3n) is 5.12. The van der Waals surface area contributed by atoms with Crippen LogP contribution >= 0.6 is 0 Å². The van der Waals surface area contributed by atoms with E-state index in [1.165, 1.54) is 54.2 Å². The molecule has 0 unspecified atom stereocenters. The molecule has 1 fully saturated rings. The molecule has 0 saturated carbocycles. The number of hydrogen-bond acceptors (Lipinski definition) is 5. The molecular formula is C21H23F2N3O5S. The van der Waals surface area contributed by atoms with Gasteiger partial charge in [0.1, 0.15) is 5.75 Å². The summed E-state index contributed by atoms with van der Waals surface area (Å²) in [5.74, 6) is -2.54. The van der Waals surface area contributed by atoms with Gasteiger partial charge in [-0.25, -0.2) is 17.2 Å².